The Kier molecular flexibility index (Phi) is 9.79. The number of rotatable bonds is 10. The third-order valence-corrected chi connectivity index (χ3v) is 7.66. The molecule has 1 aliphatic rings. The van der Waals surface area contributed by atoms with Crippen LogP contribution >= 0.6 is 0 Å². The van der Waals surface area contributed by atoms with E-state index in [1.54, 1.807) is 6.92 Å². The van der Waals surface area contributed by atoms with Gasteiger partial charge in [0.2, 0.25) is 5.91 Å². The summed E-state index contributed by atoms with van der Waals surface area (Å²) in [6.45, 7) is 11.4. The summed E-state index contributed by atoms with van der Waals surface area (Å²) in [5.41, 5.74) is 5.59. The molecule has 6 nitrogen and oxygen atoms in total. The number of aryl methyl sites for hydroxylation is 1. The Hall–Kier alpha value is -3.28. The van der Waals surface area contributed by atoms with Crippen molar-refractivity contribution in [2.45, 2.75) is 72.6 Å². The first-order valence-electron chi connectivity index (χ1n) is 13.5. The molecule has 2 amide bonds. The Balaban J connectivity index is 1.59. The highest BCUT2D eigenvalue weighted by Crippen LogP contribution is 2.28. The van der Waals surface area contributed by atoms with Crippen LogP contribution in [0.2, 0.25) is 0 Å². The zero-order valence-electron chi connectivity index (χ0n) is 23.0. The molecule has 3 N–H and O–H groups in total. The Labute approximate surface area is 221 Å². The predicted octanol–water partition coefficient (Wildman–Crippen LogP) is 6.82. The summed E-state index contributed by atoms with van der Waals surface area (Å²) < 4.78 is 0. The molecule has 198 valence electrons. The SMILES string of the molecule is CCC(C)C(=N)CC(C)CC(=N)c1ccc(NC(=O)c2ccc(C3CCCN(C(C)=O)C3)cc2)c(C)c1. The molecule has 37 heavy (non-hydrogen) atoms. The van der Waals surface area contributed by atoms with E-state index in [-0.39, 0.29) is 17.7 Å². The molecule has 1 aliphatic heterocycles. The first-order valence-corrected chi connectivity index (χ1v) is 13.5. The number of nitrogens with zero attached hydrogens (tertiary/aromatic N) is 1. The maximum atomic E-state index is 12.9. The fraction of sp³-hybridized carbons (Fsp3) is 0.484. The first kappa shape index (κ1) is 28.3. The van der Waals surface area contributed by atoms with E-state index in [4.69, 9.17) is 10.8 Å². The second kappa shape index (κ2) is 12.8. The van der Waals surface area contributed by atoms with Gasteiger partial charge in [-0.15, -0.1) is 0 Å². The van der Waals surface area contributed by atoms with Crippen LogP contribution in [-0.2, 0) is 4.79 Å². The van der Waals surface area contributed by atoms with Gasteiger partial charge in [-0.05, 0) is 91.8 Å². The van der Waals surface area contributed by atoms with Crippen molar-refractivity contribution in [3.63, 3.8) is 0 Å². The van der Waals surface area contributed by atoms with Crippen molar-refractivity contribution in [1.82, 2.24) is 4.90 Å². The van der Waals surface area contributed by atoms with E-state index in [1.165, 1.54) is 0 Å². The summed E-state index contributed by atoms with van der Waals surface area (Å²) in [5, 5.41) is 19.8. The zero-order valence-corrected chi connectivity index (χ0v) is 23.0. The van der Waals surface area contributed by atoms with Gasteiger partial charge in [0.1, 0.15) is 0 Å². The van der Waals surface area contributed by atoms with Crippen molar-refractivity contribution in [3.8, 4) is 0 Å². The molecule has 6 heteroatoms. The quantitative estimate of drug-likeness (QED) is 0.311. The third kappa shape index (κ3) is 7.61. The van der Waals surface area contributed by atoms with Crippen LogP contribution < -0.4 is 5.32 Å². The van der Waals surface area contributed by atoms with E-state index in [2.05, 4.69) is 26.1 Å². The van der Waals surface area contributed by atoms with Crippen molar-refractivity contribution in [2.75, 3.05) is 18.4 Å². The molecule has 0 aromatic heterocycles. The summed E-state index contributed by atoms with van der Waals surface area (Å²) in [6, 6.07) is 13.4. The number of anilines is 1. The number of hydrogen-bond donors (Lipinski definition) is 3. The summed E-state index contributed by atoms with van der Waals surface area (Å²) >= 11 is 0. The van der Waals surface area contributed by atoms with Crippen LogP contribution in [0.25, 0.3) is 0 Å². The van der Waals surface area contributed by atoms with Crippen LogP contribution in [-0.4, -0.2) is 41.2 Å². The van der Waals surface area contributed by atoms with Crippen LogP contribution in [0.5, 0.6) is 0 Å². The molecule has 1 heterocycles. The Morgan fingerprint density at radius 1 is 1.05 bits per heavy atom. The summed E-state index contributed by atoms with van der Waals surface area (Å²) in [7, 11) is 0. The van der Waals surface area contributed by atoms with E-state index in [1.807, 2.05) is 54.3 Å². The fourth-order valence-electron chi connectivity index (χ4n) is 4.99. The number of carbonyl (C=O) groups is 2. The smallest absolute Gasteiger partial charge is 0.255 e. The monoisotopic (exact) mass is 502 g/mol. The Morgan fingerprint density at radius 2 is 1.73 bits per heavy atom. The van der Waals surface area contributed by atoms with Crippen molar-refractivity contribution in [3.05, 3.63) is 64.7 Å². The summed E-state index contributed by atoms with van der Waals surface area (Å²) in [4.78, 5) is 26.6. The molecule has 0 saturated carbocycles. The lowest BCUT2D eigenvalue weighted by Crippen LogP contribution is -2.37. The standard InChI is InChI=1S/C31H42N4O2/c1-6-21(3)28(32)16-20(2)17-29(33)26-13-14-30(22(4)18-26)34-31(37)25-11-9-24(10-12-25)27-8-7-15-35(19-27)23(5)36/h9-14,18,20-21,27,32-33H,6-8,15-17,19H2,1-5H3,(H,34,37). The minimum Gasteiger partial charge on any atom is -0.342 e. The van der Waals surface area contributed by atoms with E-state index in [0.717, 1.165) is 66.9 Å². The maximum absolute atomic E-state index is 12.9. The number of nitrogens with one attached hydrogen (secondary N) is 3. The third-order valence-electron chi connectivity index (χ3n) is 7.66. The highest BCUT2D eigenvalue weighted by atomic mass is 16.2. The molecule has 3 rings (SSSR count). The van der Waals surface area contributed by atoms with Crippen LogP contribution in [0.4, 0.5) is 5.69 Å². The number of amides is 2. The minimum absolute atomic E-state index is 0.119. The van der Waals surface area contributed by atoms with Gasteiger partial charge >= 0.3 is 0 Å². The molecule has 1 saturated heterocycles. The number of carbonyl (C=O) groups excluding carboxylic acids is 2. The molecular weight excluding hydrogens is 460 g/mol. The van der Waals surface area contributed by atoms with Gasteiger partial charge in [0.25, 0.3) is 5.91 Å². The van der Waals surface area contributed by atoms with Crippen molar-refractivity contribution in [2.24, 2.45) is 11.8 Å². The van der Waals surface area contributed by atoms with Gasteiger partial charge in [0, 0.05) is 48.6 Å². The molecule has 1 fully saturated rings. The molecule has 0 radical (unpaired) electrons. The zero-order chi connectivity index (χ0) is 27.1. The average Bonchev–Trinajstić information content (AvgIpc) is 2.89. The molecular formula is C31H42N4O2. The normalized spacial score (nSPS) is 17.1. The van der Waals surface area contributed by atoms with E-state index in [9.17, 15) is 9.59 Å². The fourth-order valence-corrected chi connectivity index (χ4v) is 4.99. The summed E-state index contributed by atoms with van der Waals surface area (Å²) in [5.74, 6) is 0.805. The van der Waals surface area contributed by atoms with Gasteiger partial charge in [-0.1, -0.05) is 39.0 Å². The maximum Gasteiger partial charge on any atom is 0.255 e. The topological polar surface area (TPSA) is 97.1 Å². The minimum atomic E-state index is -0.163. The van der Waals surface area contributed by atoms with E-state index in [0.29, 0.717) is 29.5 Å². The van der Waals surface area contributed by atoms with Gasteiger partial charge in [-0.2, -0.15) is 0 Å². The number of benzene rings is 2. The van der Waals surface area contributed by atoms with Gasteiger partial charge in [0.05, 0.1) is 0 Å². The van der Waals surface area contributed by atoms with Crippen molar-refractivity contribution in [1.29, 1.82) is 10.8 Å². The summed E-state index contributed by atoms with van der Waals surface area (Å²) in [6.07, 6.45) is 4.37. The average molecular weight is 503 g/mol. The Morgan fingerprint density at radius 3 is 2.35 bits per heavy atom. The van der Waals surface area contributed by atoms with Crippen LogP contribution in [0, 0.1) is 29.6 Å². The van der Waals surface area contributed by atoms with E-state index >= 15 is 0 Å². The molecule has 2 aromatic rings. The Bertz CT molecular complexity index is 1140. The number of piperidine rings is 1. The molecule has 2 aromatic carbocycles. The second-order valence-corrected chi connectivity index (χ2v) is 10.7. The van der Waals surface area contributed by atoms with Crippen LogP contribution in [0.1, 0.15) is 92.8 Å². The van der Waals surface area contributed by atoms with Gasteiger partial charge < -0.3 is 21.0 Å². The number of likely N-dealkylation sites (tertiary alicyclic amines) is 1. The molecule has 0 bridgehead atoms. The largest absolute Gasteiger partial charge is 0.342 e. The lowest BCUT2D eigenvalue weighted by atomic mass is 9.89. The van der Waals surface area contributed by atoms with Crippen molar-refractivity contribution >= 4 is 28.9 Å². The second-order valence-electron chi connectivity index (χ2n) is 10.7. The molecule has 0 spiro atoms. The molecule has 0 aliphatic carbocycles. The molecule has 3 atom stereocenters. The van der Waals surface area contributed by atoms with Gasteiger partial charge in [-0.3, -0.25) is 9.59 Å². The number of hydrogen-bond acceptors (Lipinski definition) is 4. The lowest BCUT2D eigenvalue weighted by molar-refractivity contribution is -0.130. The van der Waals surface area contributed by atoms with Gasteiger partial charge in [0.15, 0.2) is 0 Å². The highest BCUT2D eigenvalue weighted by Gasteiger charge is 2.23. The predicted molar refractivity (Wildman–Crippen MR) is 152 cm³/mol. The van der Waals surface area contributed by atoms with Crippen LogP contribution in [0.3, 0.4) is 0 Å². The van der Waals surface area contributed by atoms with Gasteiger partial charge in [-0.25, -0.2) is 0 Å². The highest BCUT2D eigenvalue weighted by molar-refractivity contribution is 6.05. The lowest BCUT2D eigenvalue weighted by Gasteiger charge is -2.32. The van der Waals surface area contributed by atoms with Crippen LogP contribution in [0.15, 0.2) is 42.5 Å². The molecule has 3 unspecified atom stereocenters. The van der Waals surface area contributed by atoms with Crippen molar-refractivity contribution < 1.29 is 9.59 Å². The first-order chi connectivity index (χ1) is 17.6. The van der Waals surface area contributed by atoms with E-state index < -0.39 is 0 Å².